The highest BCUT2D eigenvalue weighted by molar-refractivity contribution is 6.42. The Hall–Kier alpha value is -1.10. The molecule has 106 valence electrons. The second-order valence-corrected chi connectivity index (χ2v) is 5.18. The van der Waals surface area contributed by atoms with E-state index in [1.807, 2.05) is 18.7 Å². The van der Waals surface area contributed by atoms with Gasteiger partial charge >= 0.3 is 0 Å². The molecule has 0 unspecified atom stereocenters. The predicted octanol–water partition coefficient (Wildman–Crippen LogP) is 4.35. The van der Waals surface area contributed by atoms with Crippen molar-refractivity contribution in [2.24, 2.45) is 0 Å². The lowest BCUT2D eigenvalue weighted by Gasteiger charge is -2.18. The third kappa shape index (κ3) is 3.32. The van der Waals surface area contributed by atoms with Crippen molar-refractivity contribution < 1.29 is 0 Å². The van der Waals surface area contributed by atoms with Crippen molar-refractivity contribution >= 4 is 40.8 Å². The van der Waals surface area contributed by atoms with Crippen LogP contribution in [0.3, 0.4) is 0 Å². The first-order valence-corrected chi connectivity index (χ1v) is 7.30. The minimum absolute atomic E-state index is 0.156. The van der Waals surface area contributed by atoms with Crippen molar-refractivity contribution in [3.05, 3.63) is 33.5 Å². The summed E-state index contributed by atoms with van der Waals surface area (Å²) in [5.41, 5.74) is 0.747. The summed E-state index contributed by atoms with van der Waals surface area (Å²) >= 11 is 17.9. The lowest BCUT2D eigenvalue weighted by molar-refractivity contribution is 0.813. The van der Waals surface area contributed by atoms with Gasteiger partial charge in [0.05, 0.1) is 10.0 Å². The maximum atomic E-state index is 6.01. The standard InChI is InChI=1S/C13H13Cl3N4/c1-3-20(4-2)13-18-11(17-12(16)19-13)8-5-6-9(14)10(15)7-8/h5-7H,3-4H2,1-2H3. The second kappa shape index (κ2) is 6.57. The van der Waals surface area contributed by atoms with Crippen LogP contribution in [0.5, 0.6) is 0 Å². The van der Waals surface area contributed by atoms with E-state index in [-0.39, 0.29) is 5.28 Å². The van der Waals surface area contributed by atoms with Crippen LogP contribution < -0.4 is 4.90 Å². The van der Waals surface area contributed by atoms with Crippen LogP contribution in [-0.2, 0) is 0 Å². The Labute approximate surface area is 132 Å². The van der Waals surface area contributed by atoms with Crippen molar-refractivity contribution in [1.82, 2.24) is 15.0 Å². The Bertz CT molecular complexity index is 615. The number of hydrogen-bond acceptors (Lipinski definition) is 4. The van der Waals surface area contributed by atoms with Crippen LogP contribution in [0.1, 0.15) is 13.8 Å². The van der Waals surface area contributed by atoms with Crippen LogP contribution in [0.2, 0.25) is 15.3 Å². The maximum Gasteiger partial charge on any atom is 0.230 e. The largest absolute Gasteiger partial charge is 0.341 e. The zero-order valence-electron chi connectivity index (χ0n) is 11.1. The summed E-state index contributed by atoms with van der Waals surface area (Å²) in [6.45, 7) is 5.63. The zero-order valence-corrected chi connectivity index (χ0v) is 13.3. The minimum atomic E-state index is 0.156. The Morgan fingerprint density at radius 2 is 1.65 bits per heavy atom. The molecule has 0 saturated heterocycles. The fourth-order valence-electron chi connectivity index (χ4n) is 1.75. The first-order valence-electron chi connectivity index (χ1n) is 6.17. The van der Waals surface area contributed by atoms with E-state index in [0.717, 1.165) is 18.7 Å². The summed E-state index contributed by atoms with van der Waals surface area (Å²) in [5, 5.41) is 1.09. The molecule has 20 heavy (non-hydrogen) atoms. The fourth-order valence-corrected chi connectivity index (χ4v) is 2.21. The van der Waals surface area contributed by atoms with Crippen LogP contribution >= 0.6 is 34.8 Å². The number of benzene rings is 1. The topological polar surface area (TPSA) is 41.9 Å². The van der Waals surface area contributed by atoms with Gasteiger partial charge < -0.3 is 4.90 Å². The number of rotatable bonds is 4. The van der Waals surface area contributed by atoms with Gasteiger partial charge in [-0.2, -0.15) is 15.0 Å². The van der Waals surface area contributed by atoms with Gasteiger partial charge in [-0.1, -0.05) is 23.2 Å². The molecule has 2 aromatic rings. The molecule has 1 aromatic carbocycles. The van der Waals surface area contributed by atoms with E-state index >= 15 is 0 Å². The highest BCUT2D eigenvalue weighted by Gasteiger charge is 2.12. The summed E-state index contributed by atoms with van der Waals surface area (Å²) in [4.78, 5) is 14.7. The summed E-state index contributed by atoms with van der Waals surface area (Å²) < 4.78 is 0. The average molecular weight is 332 g/mol. The molecular formula is C13H13Cl3N4. The van der Waals surface area contributed by atoms with Crippen LogP contribution in [-0.4, -0.2) is 28.0 Å². The van der Waals surface area contributed by atoms with Crippen LogP contribution in [0, 0.1) is 0 Å². The van der Waals surface area contributed by atoms with E-state index in [9.17, 15) is 0 Å². The lowest BCUT2D eigenvalue weighted by Crippen LogP contribution is -2.24. The molecule has 7 heteroatoms. The third-order valence-corrected chi connectivity index (χ3v) is 3.73. The molecule has 0 N–H and O–H groups in total. The first kappa shape index (κ1) is 15.3. The van der Waals surface area contributed by atoms with Gasteiger partial charge in [0, 0.05) is 18.7 Å². The summed E-state index contributed by atoms with van der Waals surface area (Å²) in [6, 6.07) is 5.21. The van der Waals surface area contributed by atoms with E-state index in [1.54, 1.807) is 18.2 Å². The normalized spacial score (nSPS) is 10.7. The van der Waals surface area contributed by atoms with E-state index in [0.29, 0.717) is 21.8 Å². The Morgan fingerprint density at radius 3 is 2.25 bits per heavy atom. The molecule has 0 aliphatic rings. The molecule has 1 heterocycles. The Morgan fingerprint density at radius 1 is 0.950 bits per heavy atom. The molecule has 0 spiro atoms. The zero-order chi connectivity index (χ0) is 14.7. The highest BCUT2D eigenvalue weighted by Crippen LogP contribution is 2.27. The smallest absolute Gasteiger partial charge is 0.230 e. The van der Waals surface area contributed by atoms with Crippen molar-refractivity contribution in [2.45, 2.75) is 13.8 Å². The highest BCUT2D eigenvalue weighted by atomic mass is 35.5. The van der Waals surface area contributed by atoms with E-state index < -0.39 is 0 Å². The summed E-state index contributed by atoms with van der Waals surface area (Å²) in [7, 11) is 0. The van der Waals surface area contributed by atoms with Gasteiger partial charge in [-0.15, -0.1) is 0 Å². The van der Waals surface area contributed by atoms with Gasteiger partial charge in [-0.25, -0.2) is 0 Å². The van der Waals surface area contributed by atoms with E-state index in [4.69, 9.17) is 34.8 Å². The molecule has 0 fully saturated rings. The van der Waals surface area contributed by atoms with Crippen molar-refractivity contribution in [1.29, 1.82) is 0 Å². The monoisotopic (exact) mass is 330 g/mol. The lowest BCUT2D eigenvalue weighted by atomic mass is 10.2. The van der Waals surface area contributed by atoms with Gasteiger partial charge in [0.25, 0.3) is 0 Å². The van der Waals surface area contributed by atoms with Gasteiger partial charge in [0.1, 0.15) is 0 Å². The molecule has 1 aromatic heterocycles. The van der Waals surface area contributed by atoms with Crippen molar-refractivity contribution in [3.8, 4) is 11.4 Å². The molecule has 0 atom stereocenters. The summed E-state index contributed by atoms with van der Waals surface area (Å²) in [6.07, 6.45) is 0. The molecule has 2 rings (SSSR count). The number of nitrogens with zero attached hydrogens (tertiary/aromatic N) is 4. The number of aromatic nitrogens is 3. The van der Waals surface area contributed by atoms with Gasteiger partial charge in [-0.05, 0) is 43.6 Å². The first-order chi connectivity index (χ1) is 9.55. The maximum absolute atomic E-state index is 6.01. The van der Waals surface area contributed by atoms with E-state index in [2.05, 4.69) is 15.0 Å². The van der Waals surface area contributed by atoms with Crippen molar-refractivity contribution in [3.63, 3.8) is 0 Å². The average Bonchev–Trinajstić information content (AvgIpc) is 2.42. The quantitative estimate of drug-likeness (QED) is 0.835. The molecule has 4 nitrogen and oxygen atoms in total. The Balaban J connectivity index is 2.48. The minimum Gasteiger partial charge on any atom is -0.341 e. The molecular weight excluding hydrogens is 319 g/mol. The molecule has 0 bridgehead atoms. The van der Waals surface area contributed by atoms with Crippen LogP contribution in [0.4, 0.5) is 5.95 Å². The van der Waals surface area contributed by atoms with Crippen molar-refractivity contribution in [2.75, 3.05) is 18.0 Å². The molecule has 0 aliphatic carbocycles. The predicted molar refractivity (Wildman–Crippen MR) is 83.9 cm³/mol. The van der Waals surface area contributed by atoms with Gasteiger partial charge in [0.15, 0.2) is 5.82 Å². The molecule has 0 aliphatic heterocycles. The van der Waals surface area contributed by atoms with Crippen LogP contribution in [0.25, 0.3) is 11.4 Å². The SMILES string of the molecule is CCN(CC)c1nc(Cl)nc(-c2ccc(Cl)c(Cl)c2)n1. The number of halogens is 3. The number of hydrogen-bond donors (Lipinski definition) is 0. The van der Waals surface area contributed by atoms with Gasteiger partial charge in [-0.3, -0.25) is 0 Å². The number of anilines is 1. The molecule has 0 saturated carbocycles. The molecule has 0 radical (unpaired) electrons. The van der Waals surface area contributed by atoms with E-state index in [1.165, 1.54) is 0 Å². The second-order valence-electron chi connectivity index (χ2n) is 4.03. The van der Waals surface area contributed by atoms with Gasteiger partial charge in [0.2, 0.25) is 11.2 Å². The third-order valence-electron chi connectivity index (χ3n) is 2.82. The van der Waals surface area contributed by atoms with Crippen LogP contribution in [0.15, 0.2) is 18.2 Å². The fraction of sp³-hybridized carbons (Fsp3) is 0.308. The Kier molecular flexibility index (Phi) is 5.02. The molecule has 0 amide bonds. The summed E-state index contributed by atoms with van der Waals surface area (Å²) in [5.74, 6) is 1.03.